The van der Waals surface area contributed by atoms with E-state index in [0.29, 0.717) is 12.5 Å². The quantitative estimate of drug-likeness (QED) is 0.819. The van der Waals surface area contributed by atoms with Crippen LogP contribution in [-0.4, -0.2) is 13.7 Å². The Kier molecular flexibility index (Phi) is 2.81. The molecular weight excluding hydrogens is 186 g/mol. The Bertz CT molecular complexity index is 344. The SMILES string of the molecule is COC1(c2ccccc2C(C)CN)CC1. The molecule has 1 saturated carbocycles. The van der Waals surface area contributed by atoms with Crippen molar-refractivity contribution >= 4 is 0 Å². The molecule has 0 heterocycles. The Hall–Kier alpha value is -0.860. The molecule has 1 unspecified atom stereocenters. The molecule has 0 radical (unpaired) electrons. The summed E-state index contributed by atoms with van der Waals surface area (Å²) in [4.78, 5) is 0. The van der Waals surface area contributed by atoms with Crippen molar-refractivity contribution in [3.63, 3.8) is 0 Å². The van der Waals surface area contributed by atoms with Gasteiger partial charge in [-0.1, -0.05) is 31.2 Å². The summed E-state index contributed by atoms with van der Waals surface area (Å²) in [6.07, 6.45) is 2.27. The summed E-state index contributed by atoms with van der Waals surface area (Å²) in [6.45, 7) is 2.86. The summed E-state index contributed by atoms with van der Waals surface area (Å²) in [7, 11) is 1.80. The van der Waals surface area contributed by atoms with E-state index in [1.807, 2.05) is 0 Å². The van der Waals surface area contributed by atoms with E-state index in [9.17, 15) is 0 Å². The molecule has 0 aliphatic heterocycles. The fourth-order valence-electron chi connectivity index (χ4n) is 2.17. The minimum atomic E-state index is 0.0000231. The minimum Gasteiger partial charge on any atom is -0.374 e. The lowest BCUT2D eigenvalue weighted by Gasteiger charge is -2.21. The van der Waals surface area contributed by atoms with Gasteiger partial charge in [0.15, 0.2) is 0 Å². The van der Waals surface area contributed by atoms with Crippen LogP contribution in [-0.2, 0) is 10.3 Å². The molecule has 0 spiro atoms. The van der Waals surface area contributed by atoms with Gasteiger partial charge >= 0.3 is 0 Å². The zero-order chi connectivity index (χ0) is 10.9. The topological polar surface area (TPSA) is 35.2 Å². The summed E-state index contributed by atoms with van der Waals surface area (Å²) in [6, 6.07) is 8.52. The largest absolute Gasteiger partial charge is 0.374 e. The standard InChI is InChI=1S/C13H19NO/c1-10(9-14)11-5-3-4-6-12(11)13(15-2)7-8-13/h3-6,10H,7-9,14H2,1-2H3. The predicted octanol–water partition coefficient (Wildman–Crippen LogP) is 2.38. The second-order valence-electron chi connectivity index (χ2n) is 4.42. The van der Waals surface area contributed by atoms with Gasteiger partial charge in [0.1, 0.15) is 0 Å². The molecule has 0 amide bonds. The molecule has 15 heavy (non-hydrogen) atoms. The van der Waals surface area contributed by atoms with Gasteiger partial charge in [0.2, 0.25) is 0 Å². The van der Waals surface area contributed by atoms with Crippen LogP contribution < -0.4 is 5.73 Å². The van der Waals surface area contributed by atoms with Gasteiger partial charge in [-0.2, -0.15) is 0 Å². The molecular formula is C13H19NO. The van der Waals surface area contributed by atoms with Crippen molar-refractivity contribution < 1.29 is 4.74 Å². The Balaban J connectivity index is 2.38. The van der Waals surface area contributed by atoms with E-state index in [4.69, 9.17) is 10.5 Å². The molecule has 82 valence electrons. The van der Waals surface area contributed by atoms with Crippen LogP contribution in [0.1, 0.15) is 36.8 Å². The lowest BCUT2D eigenvalue weighted by molar-refractivity contribution is 0.0779. The van der Waals surface area contributed by atoms with Crippen LogP contribution in [0.4, 0.5) is 0 Å². The highest BCUT2D eigenvalue weighted by Crippen LogP contribution is 2.50. The van der Waals surface area contributed by atoms with Crippen molar-refractivity contribution in [1.82, 2.24) is 0 Å². The van der Waals surface area contributed by atoms with Crippen LogP contribution in [0.2, 0.25) is 0 Å². The molecule has 1 aromatic rings. The van der Waals surface area contributed by atoms with E-state index in [-0.39, 0.29) is 5.60 Å². The van der Waals surface area contributed by atoms with Gasteiger partial charge in [0, 0.05) is 7.11 Å². The van der Waals surface area contributed by atoms with Crippen molar-refractivity contribution in [1.29, 1.82) is 0 Å². The summed E-state index contributed by atoms with van der Waals surface area (Å²) >= 11 is 0. The van der Waals surface area contributed by atoms with Gasteiger partial charge in [-0.05, 0) is 36.4 Å². The van der Waals surface area contributed by atoms with E-state index in [2.05, 4.69) is 31.2 Å². The van der Waals surface area contributed by atoms with Crippen LogP contribution in [0.25, 0.3) is 0 Å². The summed E-state index contributed by atoms with van der Waals surface area (Å²) < 4.78 is 5.63. The lowest BCUT2D eigenvalue weighted by Crippen LogP contribution is -2.17. The van der Waals surface area contributed by atoms with Crippen molar-refractivity contribution in [2.24, 2.45) is 5.73 Å². The van der Waals surface area contributed by atoms with Crippen LogP contribution in [0.3, 0.4) is 0 Å². The maximum absolute atomic E-state index is 5.74. The molecule has 0 bridgehead atoms. The summed E-state index contributed by atoms with van der Waals surface area (Å²) in [5.74, 6) is 0.411. The number of methoxy groups -OCH3 is 1. The molecule has 2 N–H and O–H groups in total. The van der Waals surface area contributed by atoms with Gasteiger partial charge in [-0.15, -0.1) is 0 Å². The molecule has 0 saturated heterocycles. The van der Waals surface area contributed by atoms with Crippen LogP contribution in [0.5, 0.6) is 0 Å². The van der Waals surface area contributed by atoms with Gasteiger partial charge in [0.05, 0.1) is 5.60 Å². The van der Waals surface area contributed by atoms with Crippen molar-refractivity contribution in [3.05, 3.63) is 35.4 Å². The molecule has 1 aliphatic rings. The second kappa shape index (κ2) is 3.95. The Morgan fingerprint density at radius 1 is 1.40 bits per heavy atom. The van der Waals surface area contributed by atoms with Crippen LogP contribution in [0, 0.1) is 0 Å². The first kappa shape index (κ1) is 10.7. The van der Waals surface area contributed by atoms with Gasteiger partial charge in [-0.3, -0.25) is 0 Å². The highest BCUT2D eigenvalue weighted by Gasteiger charge is 2.46. The summed E-state index contributed by atoms with van der Waals surface area (Å²) in [5.41, 5.74) is 8.42. The molecule has 1 atom stereocenters. The van der Waals surface area contributed by atoms with E-state index < -0.39 is 0 Å². The van der Waals surface area contributed by atoms with Gasteiger partial charge in [-0.25, -0.2) is 0 Å². The normalized spacial score (nSPS) is 19.9. The fraction of sp³-hybridized carbons (Fsp3) is 0.538. The third-order valence-electron chi connectivity index (χ3n) is 3.43. The second-order valence-corrected chi connectivity index (χ2v) is 4.42. The molecule has 0 aromatic heterocycles. The van der Waals surface area contributed by atoms with Gasteiger partial charge < -0.3 is 10.5 Å². The van der Waals surface area contributed by atoms with Crippen LogP contribution in [0.15, 0.2) is 24.3 Å². The third-order valence-corrected chi connectivity index (χ3v) is 3.43. The van der Waals surface area contributed by atoms with Crippen LogP contribution >= 0.6 is 0 Å². The molecule has 2 nitrogen and oxygen atoms in total. The zero-order valence-corrected chi connectivity index (χ0v) is 9.49. The smallest absolute Gasteiger partial charge is 0.0932 e. The monoisotopic (exact) mass is 205 g/mol. The molecule has 1 aromatic carbocycles. The summed E-state index contributed by atoms with van der Waals surface area (Å²) in [5, 5.41) is 0. The number of hydrogen-bond acceptors (Lipinski definition) is 2. The van der Waals surface area contributed by atoms with E-state index in [1.54, 1.807) is 7.11 Å². The maximum Gasteiger partial charge on any atom is 0.0932 e. The third kappa shape index (κ3) is 1.80. The first-order valence-corrected chi connectivity index (χ1v) is 5.58. The zero-order valence-electron chi connectivity index (χ0n) is 9.49. The molecule has 2 rings (SSSR count). The van der Waals surface area contributed by atoms with E-state index in [1.165, 1.54) is 11.1 Å². The number of hydrogen-bond donors (Lipinski definition) is 1. The first-order valence-electron chi connectivity index (χ1n) is 5.58. The number of nitrogens with two attached hydrogens (primary N) is 1. The van der Waals surface area contributed by atoms with Crippen molar-refractivity contribution in [2.75, 3.05) is 13.7 Å². The first-order chi connectivity index (χ1) is 7.23. The lowest BCUT2D eigenvalue weighted by atomic mass is 9.91. The number of ether oxygens (including phenoxy) is 1. The molecule has 1 aliphatic carbocycles. The maximum atomic E-state index is 5.74. The molecule has 1 fully saturated rings. The average Bonchev–Trinajstić information content (AvgIpc) is 3.09. The van der Waals surface area contributed by atoms with E-state index >= 15 is 0 Å². The highest BCUT2D eigenvalue weighted by molar-refractivity contribution is 5.38. The molecule has 2 heteroatoms. The fourth-order valence-corrected chi connectivity index (χ4v) is 2.17. The Morgan fingerprint density at radius 2 is 2.07 bits per heavy atom. The average molecular weight is 205 g/mol. The van der Waals surface area contributed by atoms with Crippen molar-refractivity contribution in [3.8, 4) is 0 Å². The number of rotatable bonds is 4. The van der Waals surface area contributed by atoms with Crippen molar-refractivity contribution in [2.45, 2.75) is 31.3 Å². The van der Waals surface area contributed by atoms with Gasteiger partial charge in [0.25, 0.3) is 0 Å². The highest BCUT2D eigenvalue weighted by atomic mass is 16.5. The van der Waals surface area contributed by atoms with E-state index in [0.717, 1.165) is 12.8 Å². The Morgan fingerprint density at radius 3 is 2.60 bits per heavy atom. The predicted molar refractivity (Wildman–Crippen MR) is 61.8 cm³/mol. The number of benzene rings is 1. The minimum absolute atomic E-state index is 0.0000231. The Labute approximate surface area is 91.4 Å².